The molecular weight excluding hydrogens is 180 g/mol. The Hall–Kier alpha value is -1.91. The minimum Gasteiger partial charge on any atom is -0.325 e. The lowest BCUT2D eigenvalue weighted by Crippen LogP contribution is -2.09. The van der Waals surface area contributed by atoms with Crippen LogP contribution in [-0.2, 0) is 4.79 Å². The van der Waals surface area contributed by atoms with Crippen LogP contribution in [0.4, 0.5) is 5.69 Å². The largest absolute Gasteiger partial charge is 0.325 e. The first-order valence-corrected chi connectivity index (χ1v) is 4.38. The van der Waals surface area contributed by atoms with Crippen LogP contribution in [0.5, 0.6) is 0 Å². The van der Waals surface area contributed by atoms with E-state index in [0.717, 1.165) is 11.0 Å². The molecule has 2 N–H and O–H groups in total. The summed E-state index contributed by atoms with van der Waals surface area (Å²) < 4.78 is 0. The number of carbonyl (C=O) groups excluding carboxylic acids is 1. The van der Waals surface area contributed by atoms with Gasteiger partial charge in [-0.15, -0.1) is 0 Å². The summed E-state index contributed by atoms with van der Waals surface area (Å²) in [6.07, 6.45) is 3.72. The molecule has 2 aromatic heterocycles. The zero-order valence-electron chi connectivity index (χ0n) is 7.74. The summed E-state index contributed by atoms with van der Waals surface area (Å²) >= 11 is 0. The predicted molar refractivity (Wildman–Crippen MR) is 52.8 cm³/mol. The van der Waals surface area contributed by atoms with Gasteiger partial charge in [-0.2, -0.15) is 5.10 Å². The van der Waals surface area contributed by atoms with Crippen molar-refractivity contribution in [2.75, 3.05) is 5.32 Å². The molecule has 0 saturated heterocycles. The standard InChI is InChI=1S/C9H10N4O/c1-2-9(14)12-6-3-7-8(10-4-6)5-11-13-7/h3-5H,2H2,1H3,(H,11,13)(H,12,14). The minimum atomic E-state index is -0.0225. The number of fused-ring (bicyclic) bond motifs is 1. The quantitative estimate of drug-likeness (QED) is 0.749. The van der Waals surface area contributed by atoms with E-state index in [-0.39, 0.29) is 5.91 Å². The van der Waals surface area contributed by atoms with Crippen molar-refractivity contribution in [1.82, 2.24) is 15.2 Å². The van der Waals surface area contributed by atoms with Crippen LogP contribution in [0.1, 0.15) is 13.3 Å². The summed E-state index contributed by atoms with van der Waals surface area (Å²) in [5, 5.41) is 9.35. The fraction of sp³-hybridized carbons (Fsp3) is 0.222. The fourth-order valence-electron chi connectivity index (χ4n) is 1.15. The highest BCUT2D eigenvalue weighted by Crippen LogP contribution is 2.13. The van der Waals surface area contributed by atoms with E-state index in [2.05, 4.69) is 20.5 Å². The number of anilines is 1. The summed E-state index contributed by atoms with van der Waals surface area (Å²) in [5.74, 6) is -0.0225. The van der Waals surface area contributed by atoms with Crippen molar-refractivity contribution in [2.45, 2.75) is 13.3 Å². The third-order valence-corrected chi connectivity index (χ3v) is 1.90. The number of nitrogens with one attached hydrogen (secondary N) is 2. The van der Waals surface area contributed by atoms with Crippen LogP contribution in [0.15, 0.2) is 18.5 Å². The topological polar surface area (TPSA) is 70.7 Å². The summed E-state index contributed by atoms with van der Waals surface area (Å²) in [6.45, 7) is 1.80. The predicted octanol–water partition coefficient (Wildman–Crippen LogP) is 1.31. The summed E-state index contributed by atoms with van der Waals surface area (Å²) in [5.41, 5.74) is 2.30. The van der Waals surface area contributed by atoms with Crippen LogP contribution in [-0.4, -0.2) is 21.1 Å². The Bertz CT molecular complexity index is 463. The molecule has 0 aromatic carbocycles. The van der Waals surface area contributed by atoms with Crippen LogP contribution < -0.4 is 5.32 Å². The maximum absolute atomic E-state index is 11.1. The lowest BCUT2D eigenvalue weighted by Gasteiger charge is -2.01. The van der Waals surface area contributed by atoms with E-state index >= 15 is 0 Å². The van der Waals surface area contributed by atoms with E-state index in [1.165, 1.54) is 0 Å². The number of hydrogen-bond acceptors (Lipinski definition) is 3. The lowest BCUT2D eigenvalue weighted by molar-refractivity contribution is -0.115. The van der Waals surface area contributed by atoms with Gasteiger partial charge in [0.05, 0.1) is 23.6 Å². The molecule has 0 aliphatic heterocycles. The molecule has 0 fully saturated rings. The van der Waals surface area contributed by atoms with Gasteiger partial charge in [0, 0.05) is 6.42 Å². The first-order chi connectivity index (χ1) is 6.79. The van der Waals surface area contributed by atoms with Gasteiger partial charge in [-0.1, -0.05) is 6.92 Å². The SMILES string of the molecule is CCC(=O)Nc1cnc2cn[nH]c2c1. The summed E-state index contributed by atoms with van der Waals surface area (Å²) in [6, 6.07) is 1.81. The molecule has 2 rings (SSSR count). The van der Waals surface area contributed by atoms with Gasteiger partial charge in [0.15, 0.2) is 0 Å². The van der Waals surface area contributed by atoms with Gasteiger partial charge in [-0.05, 0) is 6.07 Å². The van der Waals surface area contributed by atoms with Gasteiger partial charge >= 0.3 is 0 Å². The average molecular weight is 190 g/mol. The van der Waals surface area contributed by atoms with Gasteiger partial charge in [-0.25, -0.2) is 0 Å². The number of amides is 1. The van der Waals surface area contributed by atoms with E-state index in [1.807, 2.05) is 6.07 Å². The van der Waals surface area contributed by atoms with Crippen LogP contribution in [0, 0.1) is 0 Å². The van der Waals surface area contributed by atoms with Crippen LogP contribution in [0.2, 0.25) is 0 Å². The zero-order chi connectivity index (χ0) is 9.97. The third kappa shape index (κ3) is 1.56. The maximum Gasteiger partial charge on any atom is 0.224 e. The highest BCUT2D eigenvalue weighted by molar-refractivity contribution is 5.92. The van der Waals surface area contributed by atoms with E-state index in [0.29, 0.717) is 12.1 Å². The number of H-pyrrole nitrogens is 1. The molecule has 0 unspecified atom stereocenters. The van der Waals surface area contributed by atoms with E-state index in [4.69, 9.17) is 0 Å². The molecule has 14 heavy (non-hydrogen) atoms. The van der Waals surface area contributed by atoms with Gasteiger partial charge < -0.3 is 5.32 Å². The Morgan fingerprint density at radius 2 is 2.43 bits per heavy atom. The Morgan fingerprint density at radius 1 is 1.57 bits per heavy atom. The number of pyridine rings is 1. The Morgan fingerprint density at radius 3 is 3.21 bits per heavy atom. The summed E-state index contributed by atoms with van der Waals surface area (Å²) in [4.78, 5) is 15.2. The van der Waals surface area contributed by atoms with Crippen molar-refractivity contribution < 1.29 is 4.79 Å². The summed E-state index contributed by atoms with van der Waals surface area (Å²) in [7, 11) is 0. The molecule has 0 atom stereocenters. The molecule has 0 bridgehead atoms. The second kappa shape index (κ2) is 3.45. The smallest absolute Gasteiger partial charge is 0.224 e. The number of aromatic amines is 1. The highest BCUT2D eigenvalue weighted by Gasteiger charge is 2.01. The molecule has 5 heteroatoms. The number of carbonyl (C=O) groups is 1. The first kappa shape index (κ1) is 8.68. The van der Waals surface area contributed by atoms with Crippen LogP contribution in [0.3, 0.4) is 0 Å². The van der Waals surface area contributed by atoms with Crippen molar-refractivity contribution >= 4 is 22.6 Å². The Labute approximate surface area is 80.5 Å². The van der Waals surface area contributed by atoms with E-state index < -0.39 is 0 Å². The van der Waals surface area contributed by atoms with Crippen molar-refractivity contribution in [2.24, 2.45) is 0 Å². The molecule has 5 nitrogen and oxygen atoms in total. The third-order valence-electron chi connectivity index (χ3n) is 1.90. The molecule has 2 heterocycles. The molecule has 2 aromatic rings. The number of hydrogen-bond donors (Lipinski definition) is 2. The van der Waals surface area contributed by atoms with E-state index in [1.54, 1.807) is 19.3 Å². The van der Waals surface area contributed by atoms with Crippen molar-refractivity contribution in [1.29, 1.82) is 0 Å². The normalized spacial score (nSPS) is 10.4. The first-order valence-electron chi connectivity index (χ1n) is 4.38. The van der Waals surface area contributed by atoms with E-state index in [9.17, 15) is 4.79 Å². The van der Waals surface area contributed by atoms with Gasteiger partial charge in [-0.3, -0.25) is 14.9 Å². The second-order valence-electron chi connectivity index (χ2n) is 2.93. The molecule has 0 aliphatic carbocycles. The molecule has 0 spiro atoms. The Balaban J connectivity index is 2.30. The lowest BCUT2D eigenvalue weighted by atomic mass is 10.3. The number of rotatable bonds is 2. The molecule has 0 aliphatic rings. The zero-order valence-corrected chi connectivity index (χ0v) is 7.74. The molecule has 0 saturated carbocycles. The number of aromatic nitrogens is 3. The second-order valence-corrected chi connectivity index (χ2v) is 2.93. The van der Waals surface area contributed by atoms with Gasteiger partial charge in [0.1, 0.15) is 5.52 Å². The van der Waals surface area contributed by atoms with Crippen molar-refractivity contribution in [3.05, 3.63) is 18.5 Å². The highest BCUT2D eigenvalue weighted by atomic mass is 16.1. The number of nitrogens with zero attached hydrogens (tertiary/aromatic N) is 2. The van der Waals surface area contributed by atoms with Gasteiger partial charge in [0.2, 0.25) is 5.91 Å². The maximum atomic E-state index is 11.1. The average Bonchev–Trinajstić information content (AvgIpc) is 2.64. The van der Waals surface area contributed by atoms with Crippen molar-refractivity contribution in [3.8, 4) is 0 Å². The molecule has 0 radical (unpaired) electrons. The van der Waals surface area contributed by atoms with Gasteiger partial charge in [0.25, 0.3) is 0 Å². The van der Waals surface area contributed by atoms with Crippen LogP contribution >= 0.6 is 0 Å². The molecular formula is C9H10N4O. The van der Waals surface area contributed by atoms with Crippen molar-refractivity contribution in [3.63, 3.8) is 0 Å². The minimum absolute atomic E-state index is 0.0225. The molecule has 72 valence electrons. The van der Waals surface area contributed by atoms with Crippen LogP contribution in [0.25, 0.3) is 11.0 Å². The Kier molecular flexibility index (Phi) is 2.14. The fourth-order valence-corrected chi connectivity index (χ4v) is 1.15. The monoisotopic (exact) mass is 190 g/mol. The molecule has 1 amide bonds.